The third-order valence-electron chi connectivity index (χ3n) is 5.07. The largest absolute Gasteiger partial charge is 0.360 e. The van der Waals surface area contributed by atoms with E-state index in [4.69, 9.17) is 0 Å². The van der Waals surface area contributed by atoms with Crippen molar-refractivity contribution in [2.45, 2.75) is 0 Å². The van der Waals surface area contributed by atoms with E-state index in [2.05, 4.69) is 20.5 Å². The van der Waals surface area contributed by atoms with Crippen LogP contribution in [0.1, 0.15) is 10.4 Å². The molecule has 1 aliphatic rings. The lowest BCUT2D eigenvalue weighted by Gasteiger charge is -2.38. The summed E-state index contributed by atoms with van der Waals surface area (Å²) in [4.78, 5) is 30.0. The van der Waals surface area contributed by atoms with Crippen LogP contribution >= 0.6 is 0 Å². The van der Waals surface area contributed by atoms with Gasteiger partial charge in [-0.3, -0.25) is 14.7 Å². The number of carbonyl (C=O) groups is 2. The number of amides is 2. The van der Waals surface area contributed by atoms with E-state index < -0.39 is 0 Å². The van der Waals surface area contributed by atoms with Crippen molar-refractivity contribution in [3.05, 3.63) is 60.4 Å². The molecule has 7 nitrogen and oxygen atoms in total. The average molecular weight is 359 g/mol. The molecule has 7 heteroatoms. The lowest BCUT2D eigenvalue weighted by Crippen LogP contribution is -2.54. The van der Waals surface area contributed by atoms with Crippen molar-refractivity contribution >= 4 is 39.3 Å². The quantitative estimate of drug-likeness (QED) is 0.525. The average Bonchev–Trinajstić information content (AvgIpc) is 3.26. The molecule has 0 unspecified atom stereocenters. The normalized spacial score (nSPS) is 14.4. The van der Waals surface area contributed by atoms with Crippen LogP contribution in [0.3, 0.4) is 0 Å². The Morgan fingerprint density at radius 2 is 1.96 bits per heavy atom. The molecule has 2 aromatic carbocycles. The fraction of sp³-hybridized carbons (Fsp3) is 0.150. The predicted octanol–water partition coefficient (Wildman–Crippen LogP) is 2.75. The molecule has 134 valence electrons. The van der Waals surface area contributed by atoms with Crippen LogP contribution in [0.15, 0.2) is 54.9 Å². The van der Waals surface area contributed by atoms with Gasteiger partial charge in [-0.1, -0.05) is 18.2 Å². The summed E-state index contributed by atoms with van der Waals surface area (Å²) in [6.45, 7) is 0.854. The Hall–Kier alpha value is -3.61. The minimum Gasteiger partial charge on any atom is -0.360 e. The van der Waals surface area contributed by atoms with Crippen LogP contribution in [-0.4, -0.2) is 45.0 Å². The Labute approximate surface area is 154 Å². The first-order valence-corrected chi connectivity index (χ1v) is 8.78. The van der Waals surface area contributed by atoms with Gasteiger partial charge in [-0.05, 0) is 24.3 Å². The molecule has 0 saturated carbocycles. The Kier molecular flexibility index (Phi) is 3.46. The molecule has 27 heavy (non-hydrogen) atoms. The summed E-state index contributed by atoms with van der Waals surface area (Å²) in [7, 11) is 0. The molecule has 0 spiro atoms. The number of likely N-dealkylation sites (tertiary alicyclic amines) is 1. The topological polar surface area (TPSA) is 93.9 Å². The standard InChI is InChI=1S/C20H17N5O2/c26-19(23-14-6-5-12-8-22-24-18(12)7-14)13-10-25(11-13)20(27)16-9-21-17-4-2-1-3-15(16)17/h1-9,13,21H,10-11H2,(H,22,24)(H,23,26). The maximum Gasteiger partial charge on any atom is 0.256 e. The number of benzene rings is 2. The molecule has 1 aliphatic heterocycles. The number of H-pyrrole nitrogens is 2. The van der Waals surface area contributed by atoms with Crippen molar-refractivity contribution in [2.24, 2.45) is 5.92 Å². The minimum absolute atomic E-state index is 0.0459. The van der Waals surface area contributed by atoms with Gasteiger partial charge in [0.2, 0.25) is 5.91 Å². The lowest BCUT2D eigenvalue weighted by molar-refractivity contribution is -0.123. The van der Waals surface area contributed by atoms with Crippen LogP contribution in [0.4, 0.5) is 5.69 Å². The molecule has 1 fully saturated rings. The Morgan fingerprint density at radius 1 is 1.11 bits per heavy atom. The molecule has 4 aromatic rings. The number of anilines is 1. The second kappa shape index (κ2) is 5.98. The number of hydrogen-bond acceptors (Lipinski definition) is 3. The molecule has 3 N–H and O–H groups in total. The maximum atomic E-state index is 12.7. The summed E-state index contributed by atoms with van der Waals surface area (Å²) in [5, 5.41) is 11.7. The smallest absolute Gasteiger partial charge is 0.256 e. The zero-order chi connectivity index (χ0) is 18.4. The second-order valence-electron chi connectivity index (χ2n) is 6.82. The first kappa shape index (κ1) is 15.6. The number of fused-ring (bicyclic) bond motifs is 2. The van der Waals surface area contributed by atoms with Crippen molar-refractivity contribution in [2.75, 3.05) is 18.4 Å². The summed E-state index contributed by atoms with van der Waals surface area (Å²) in [6, 6.07) is 13.3. The fourth-order valence-corrected chi connectivity index (χ4v) is 3.49. The highest BCUT2D eigenvalue weighted by Crippen LogP contribution is 2.25. The Balaban J connectivity index is 1.24. The van der Waals surface area contributed by atoms with Gasteiger partial charge in [-0.15, -0.1) is 0 Å². The highest BCUT2D eigenvalue weighted by Gasteiger charge is 2.36. The predicted molar refractivity (Wildman–Crippen MR) is 102 cm³/mol. The van der Waals surface area contributed by atoms with Gasteiger partial charge in [-0.25, -0.2) is 0 Å². The third-order valence-corrected chi connectivity index (χ3v) is 5.07. The molecule has 1 saturated heterocycles. The third kappa shape index (κ3) is 2.64. The molecule has 2 amide bonds. The maximum absolute atomic E-state index is 12.7. The number of hydrogen-bond donors (Lipinski definition) is 3. The second-order valence-corrected chi connectivity index (χ2v) is 6.82. The summed E-state index contributed by atoms with van der Waals surface area (Å²) in [5.74, 6) is -0.316. The molecular formula is C20H17N5O2. The van der Waals surface area contributed by atoms with E-state index in [1.54, 1.807) is 17.3 Å². The molecular weight excluding hydrogens is 342 g/mol. The minimum atomic E-state index is -0.198. The van der Waals surface area contributed by atoms with Gasteiger partial charge in [0.15, 0.2) is 0 Å². The van der Waals surface area contributed by atoms with Crippen molar-refractivity contribution in [1.29, 1.82) is 0 Å². The number of aromatic nitrogens is 3. The van der Waals surface area contributed by atoms with Crippen molar-refractivity contribution in [1.82, 2.24) is 20.1 Å². The van der Waals surface area contributed by atoms with Crippen LogP contribution in [0.5, 0.6) is 0 Å². The van der Waals surface area contributed by atoms with E-state index in [0.717, 1.165) is 27.5 Å². The Bertz CT molecular complexity index is 1170. The van der Waals surface area contributed by atoms with Gasteiger partial charge in [0.05, 0.1) is 23.2 Å². The van der Waals surface area contributed by atoms with Gasteiger partial charge < -0.3 is 15.2 Å². The monoisotopic (exact) mass is 359 g/mol. The molecule has 0 bridgehead atoms. The Morgan fingerprint density at radius 3 is 2.85 bits per heavy atom. The number of rotatable bonds is 3. The number of para-hydroxylation sites is 1. The lowest BCUT2D eigenvalue weighted by atomic mass is 9.97. The van der Waals surface area contributed by atoms with Crippen molar-refractivity contribution < 1.29 is 9.59 Å². The van der Waals surface area contributed by atoms with Crippen LogP contribution in [0.2, 0.25) is 0 Å². The summed E-state index contributed by atoms with van der Waals surface area (Å²) < 4.78 is 0. The molecule has 3 heterocycles. The van der Waals surface area contributed by atoms with Gasteiger partial charge in [-0.2, -0.15) is 5.10 Å². The SMILES string of the molecule is O=C(Nc1ccc2cn[nH]c2c1)C1CN(C(=O)c2c[nH]c3ccccc23)C1. The number of nitrogens with zero attached hydrogens (tertiary/aromatic N) is 2. The fourth-order valence-electron chi connectivity index (χ4n) is 3.49. The van der Waals surface area contributed by atoms with E-state index in [1.165, 1.54) is 0 Å². The van der Waals surface area contributed by atoms with Gasteiger partial charge in [0, 0.05) is 41.3 Å². The van der Waals surface area contributed by atoms with Crippen LogP contribution < -0.4 is 5.32 Å². The molecule has 0 atom stereocenters. The molecule has 2 aromatic heterocycles. The molecule has 0 radical (unpaired) electrons. The highest BCUT2D eigenvalue weighted by molar-refractivity contribution is 6.07. The van der Waals surface area contributed by atoms with Crippen LogP contribution in [-0.2, 0) is 4.79 Å². The highest BCUT2D eigenvalue weighted by atomic mass is 16.2. The van der Waals surface area contributed by atoms with Crippen LogP contribution in [0, 0.1) is 5.92 Å². The summed E-state index contributed by atoms with van der Waals surface area (Å²) in [6.07, 6.45) is 3.47. The first-order valence-electron chi connectivity index (χ1n) is 8.78. The number of nitrogens with one attached hydrogen (secondary N) is 3. The van der Waals surface area contributed by atoms with E-state index >= 15 is 0 Å². The number of carbonyl (C=O) groups excluding carboxylic acids is 2. The van der Waals surface area contributed by atoms with E-state index in [1.807, 2.05) is 42.5 Å². The van der Waals surface area contributed by atoms with Crippen molar-refractivity contribution in [3.8, 4) is 0 Å². The van der Waals surface area contributed by atoms with Crippen LogP contribution in [0.25, 0.3) is 21.8 Å². The number of aromatic amines is 2. The van der Waals surface area contributed by atoms with Crippen molar-refractivity contribution in [3.63, 3.8) is 0 Å². The molecule has 5 rings (SSSR count). The zero-order valence-electron chi connectivity index (χ0n) is 14.4. The zero-order valence-corrected chi connectivity index (χ0v) is 14.4. The van der Waals surface area contributed by atoms with E-state index in [0.29, 0.717) is 18.7 Å². The van der Waals surface area contributed by atoms with Gasteiger partial charge in [0.1, 0.15) is 0 Å². The first-order chi connectivity index (χ1) is 13.2. The summed E-state index contributed by atoms with van der Waals surface area (Å²) >= 11 is 0. The summed E-state index contributed by atoms with van der Waals surface area (Å²) in [5.41, 5.74) is 3.18. The van der Waals surface area contributed by atoms with Gasteiger partial charge in [0.25, 0.3) is 5.91 Å². The molecule has 0 aliphatic carbocycles. The van der Waals surface area contributed by atoms with E-state index in [-0.39, 0.29) is 17.7 Å². The van der Waals surface area contributed by atoms with E-state index in [9.17, 15) is 9.59 Å². The van der Waals surface area contributed by atoms with Gasteiger partial charge >= 0.3 is 0 Å².